The molecule has 0 atom stereocenters. The van der Waals surface area contributed by atoms with Gasteiger partial charge in [-0.25, -0.2) is 9.67 Å². The first kappa shape index (κ1) is 19.2. The van der Waals surface area contributed by atoms with Gasteiger partial charge in [0.2, 0.25) is 11.0 Å². The van der Waals surface area contributed by atoms with Crippen molar-refractivity contribution in [1.82, 2.24) is 24.9 Å². The average molecular weight is 417 g/mol. The van der Waals surface area contributed by atoms with E-state index in [2.05, 4.69) is 24.7 Å². The Balaban J connectivity index is 1.38. The lowest BCUT2D eigenvalue weighted by Crippen LogP contribution is -2.04. The van der Waals surface area contributed by atoms with Gasteiger partial charge >= 0.3 is 12.1 Å². The number of hydrogen-bond acceptors (Lipinski definition) is 6. The van der Waals surface area contributed by atoms with Crippen LogP contribution in [0.2, 0.25) is 0 Å². The highest BCUT2D eigenvalue weighted by Gasteiger charge is 2.38. The third-order valence-electron chi connectivity index (χ3n) is 3.95. The largest absolute Gasteiger partial charge is 0.471 e. The average Bonchev–Trinajstić information content (AvgIpc) is 3.37. The molecule has 148 valence electrons. The van der Waals surface area contributed by atoms with Gasteiger partial charge in [-0.3, -0.25) is 0 Å². The first-order valence-electron chi connectivity index (χ1n) is 8.54. The fourth-order valence-corrected chi connectivity index (χ4v) is 3.32. The van der Waals surface area contributed by atoms with Gasteiger partial charge in [0.25, 0.3) is 0 Å². The van der Waals surface area contributed by atoms with E-state index in [1.807, 2.05) is 30.3 Å². The smallest absolute Gasteiger partial charge is 0.329 e. The van der Waals surface area contributed by atoms with Crippen molar-refractivity contribution >= 4 is 11.8 Å². The van der Waals surface area contributed by atoms with Gasteiger partial charge in [-0.1, -0.05) is 71.5 Å². The maximum atomic E-state index is 12.6. The minimum atomic E-state index is -4.66. The quantitative estimate of drug-likeness (QED) is 0.424. The van der Waals surface area contributed by atoms with Crippen LogP contribution in [0.15, 0.2) is 70.6 Å². The summed E-state index contributed by atoms with van der Waals surface area (Å²) >= 11 is 1.55. The van der Waals surface area contributed by atoms with Crippen LogP contribution in [0.5, 0.6) is 0 Å². The first-order valence-corrected chi connectivity index (χ1v) is 9.52. The van der Waals surface area contributed by atoms with E-state index in [4.69, 9.17) is 0 Å². The summed E-state index contributed by atoms with van der Waals surface area (Å²) in [6.07, 6.45) is -3.01. The minimum absolute atomic E-state index is 0.107. The normalized spacial score (nSPS) is 11.7. The van der Waals surface area contributed by atoms with Crippen molar-refractivity contribution in [3.8, 4) is 11.4 Å². The number of hydrogen-bond donors (Lipinski definition) is 0. The summed E-state index contributed by atoms with van der Waals surface area (Å²) in [7, 11) is 0. The van der Waals surface area contributed by atoms with E-state index in [-0.39, 0.29) is 5.82 Å². The van der Waals surface area contributed by atoms with Gasteiger partial charge in [0.15, 0.2) is 0 Å². The van der Waals surface area contributed by atoms with Crippen molar-refractivity contribution < 1.29 is 17.7 Å². The summed E-state index contributed by atoms with van der Waals surface area (Å²) < 4.78 is 43.7. The van der Waals surface area contributed by atoms with Crippen molar-refractivity contribution in [1.29, 1.82) is 0 Å². The number of aromatic nitrogens is 5. The first-order chi connectivity index (χ1) is 14.0. The second-order valence-electron chi connectivity index (χ2n) is 6.12. The Bertz CT molecular complexity index is 1080. The summed E-state index contributed by atoms with van der Waals surface area (Å²) in [4.78, 5) is 7.68. The molecule has 0 aliphatic rings. The molecule has 0 N–H and O–H groups in total. The molecule has 2 aromatic heterocycles. The molecule has 0 aliphatic heterocycles. The van der Waals surface area contributed by atoms with E-state index >= 15 is 0 Å². The summed E-state index contributed by atoms with van der Waals surface area (Å²) in [6.45, 7) is 0.485. The molecule has 0 fully saturated rings. The van der Waals surface area contributed by atoms with Crippen LogP contribution in [0.25, 0.3) is 11.4 Å². The molecule has 4 aromatic rings. The molecule has 0 saturated heterocycles. The number of benzene rings is 2. The van der Waals surface area contributed by atoms with Crippen molar-refractivity contribution in [3.63, 3.8) is 0 Å². The zero-order chi connectivity index (χ0) is 20.3. The molecular weight excluding hydrogens is 403 g/mol. The van der Waals surface area contributed by atoms with Crippen molar-refractivity contribution in [2.45, 2.75) is 23.6 Å². The van der Waals surface area contributed by atoms with Gasteiger partial charge in [0, 0.05) is 11.3 Å². The molecule has 0 bridgehead atoms. The van der Waals surface area contributed by atoms with Crippen LogP contribution in [0, 0.1) is 0 Å². The van der Waals surface area contributed by atoms with Crippen LogP contribution in [0.3, 0.4) is 0 Å². The highest BCUT2D eigenvalue weighted by molar-refractivity contribution is 7.98. The van der Waals surface area contributed by atoms with E-state index in [0.29, 0.717) is 17.3 Å². The predicted octanol–water partition coefficient (Wildman–Crippen LogP) is 4.69. The van der Waals surface area contributed by atoms with Crippen molar-refractivity contribution in [2.75, 3.05) is 0 Å². The van der Waals surface area contributed by atoms with E-state index < -0.39 is 12.1 Å². The van der Waals surface area contributed by atoms with Crippen molar-refractivity contribution in [3.05, 3.63) is 77.9 Å². The zero-order valence-corrected chi connectivity index (χ0v) is 15.7. The third-order valence-corrected chi connectivity index (χ3v) is 4.87. The number of halogens is 3. The second kappa shape index (κ2) is 8.08. The zero-order valence-electron chi connectivity index (χ0n) is 14.9. The van der Waals surface area contributed by atoms with Gasteiger partial charge in [-0.05, 0) is 11.1 Å². The lowest BCUT2D eigenvalue weighted by atomic mass is 10.1. The number of alkyl halides is 3. The highest BCUT2D eigenvalue weighted by atomic mass is 32.2. The Morgan fingerprint density at radius 2 is 1.72 bits per heavy atom. The van der Waals surface area contributed by atoms with Crippen molar-refractivity contribution in [2.24, 2.45) is 0 Å². The fourth-order valence-electron chi connectivity index (χ4n) is 2.54. The molecule has 2 aromatic carbocycles. The van der Waals surface area contributed by atoms with E-state index in [1.165, 1.54) is 5.56 Å². The van der Waals surface area contributed by atoms with Gasteiger partial charge in [-0.2, -0.15) is 18.2 Å². The molecule has 0 amide bonds. The van der Waals surface area contributed by atoms with Gasteiger partial charge in [0.1, 0.15) is 6.33 Å². The topological polar surface area (TPSA) is 69.6 Å². The summed E-state index contributed by atoms with van der Waals surface area (Å²) in [5, 5.41) is 8.49. The summed E-state index contributed by atoms with van der Waals surface area (Å²) in [5.74, 6) is -0.687. The maximum absolute atomic E-state index is 12.6. The van der Waals surface area contributed by atoms with Crippen LogP contribution >= 0.6 is 11.8 Å². The van der Waals surface area contributed by atoms with E-state index in [9.17, 15) is 13.2 Å². The molecular formula is C19H14F3N5OS. The lowest BCUT2D eigenvalue weighted by Gasteiger charge is -2.02. The Labute approximate surface area is 167 Å². The monoisotopic (exact) mass is 417 g/mol. The molecule has 6 nitrogen and oxygen atoms in total. The molecule has 2 heterocycles. The van der Waals surface area contributed by atoms with Crippen LogP contribution in [0.4, 0.5) is 13.2 Å². The summed E-state index contributed by atoms with van der Waals surface area (Å²) in [6, 6.07) is 16.9. The molecule has 0 spiro atoms. The fraction of sp³-hybridized carbons (Fsp3) is 0.158. The van der Waals surface area contributed by atoms with E-state index in [0.717, 1.165) is 11.3 Å². The van der Waals surface area contributed by atoms with Gasteiger partial charge in [-0.15, -0.1) is 5.10 Å². The number of nitrogens with zero attached hydrogens (tertiary/aromatic N) is 5. The Morgan fingerprint density at radius 1 is 0.966 bits per heavy atom. The molecule has 10 heteroatoms. The van der Waals surface area contributed by atoms with Gasteiger partial charge in [0.05, 0.1) is 6.54 Å². The molecule has 0 radical (unpaired) electrons. The van der Waals surface area contributed by atoms with Gasteiger partial charge < -0.3 is 4.52 Å². The SMILES string of the molecule is FC(F)(F)c1nc(-c2ccc(Cn3cnc(SCc4ccccc4)n3)cc2)no1. The minimum Gasteiger partial charge on any atom is -0.329 e. The van der Waals surface area contributed by atoms with Crippen LogP contribution in [-0.2, 0) is 18.5 Å². The van der Waals surface area contributed by atoms with Crippen LogP contribution in [0.1, 0.15) is 17.0 Å². The maximum Gasteiger partial charge on any atom is 0.471 e. The number of rotatable bonds is 6. The Hall–Kier alpha value is -3.14. The van der Waals surface area contributed by atoms with Crippen LogP contribution in [-0.4, -0.2) is 24.9 Å². The summed E-state index contributed by atoms with van der Waals surface area (Å²) in [5.41, 5.74) is 2.54. The predicted molar refractivity (Wildman–Crippen MR) is 99.9 cm³/mol. The lowest BCUT2D eigenvalue weighted by molar-refractivity contribution is -0.159. The molecule has 4 rings (SSSR count). The second-order valence-corrected chi connectivity index (χ2v) is 7.06. The van der Waals surface area contributed by atoms with E-state index in [1.54, 1.807) is 47.0 Å². The molecule has 0 saturated carbocycles. The Morgan fingerprint density at radius 3 is 2.41 bits per heavy atom. The molecule has 0 aliphatic carbocycles. The molecule has 29 heavy (non-hydrogen) atoms. The Kier molecular flexibility index (Phi) is 5.34. The number of thioether (sulfide) groups is 1. The highest BCUT2D eigenvalue weighted by Crippen LogP contribution is 2.29. The van der Waals surface area contributed by atoms with Crippen LogP contribution < -0.4 is 0 Å². The third kappa shape index (κ3) is 4.83. The standard InChI is InChI=1S/C19H14F3N5OS/c20-19(21,22)17-24-16(26-28-17)15-8-6-13(7-9-15)10-27-12-23-18(25-27)29-11-14-4-2-1-3-5-14/h1-9,12H,10-11H2. The molecule has 0 unspecified atom stereocenters.